The van der Waals surface area contributed by atoms with E-state index >= 15 is 0 Å². The van der Waals surface area contributed by atoms with E-state index in [1.165, 1.54) is 0 Å². The van der Waals surface area contributed by atoms with Crippen molar-refractivity contribution in [1.29, 1.82) is 0 Å². The summed E-state index contributed by atoms with van der Waals surface area (Å²) in [5, 5.41) is 0. The van der Waals surface area contributed by atoms with Crippen molar-refractivity contribution in [3.63, 3.8) is 0 Å². The number of hydrazine groups is 1. The normalized spacial score (nSPS) is 12.8. The molecule has 0 spiro atoms. The molecule has 0 aliphatic rings. The van der Waals surface area contributed by atoms with E-state index in [9.17, 15) is 13.2 Å². The number of hydrogen-bond donors (Lipinski definition) is 2. The predicted molar refractivity (Wildman–Crippen MR) is 52.9 cm³/mol. The molecule has 1 rings (SSSR count). The van der Waals surface area contributed by atoms with Gasteiger partial charge in [0.1, 0.15) is 0 Å². The van der Waals surface area contributed by atoms with E-state index in [1.807, 2.05) is 0 Å². The molecule has 1 aromatic carbocycles. The molecule has 3 N–H and O–H groups in total. The Morgan fingerprint density at radius 3 is 2.56 bits per heavy atom. The fourth-order valence-electron chi connectivity index (χ4n) is 1.27. The van der Waals surface area contributed by atoms with Gasteiger partial charge < -0.3 is 4.74 Å². The monoisotopic (exact) mass is 234 g/mol. The summed E-state index contributed by atoms with van der Waals surface area (Å²) in [6.07, 6.45) is 0. The third-order valence-electron chi connectivity index (χ3n) is 2.13. The molecule has 0 fully saturated rings. The molecule has 0 aliphatic carbocycles. The van der Waals surface area contributed by atoms with Gasteiger partial charge in [0.05, 0.1) is 12.6 Å². The molecule has 90 valence electrons. The van der Waals surface area contributed by atoms with Gasteiger partial charge in [-0.3, -0.25) is 11.3 Å². The van der Waals surface area contributed by atoms with Crippen LogP contribution >= 0.6 is 0 Å². The maximum atomic E-state index is 13.4. The number of rotatable bonds is 5. The van der Waals surface area contributed by atoms with Crippen molar-refractivity contribution < 1.29 is 17.9 Å². The topological polar surface area (TPSA) is 47.3 Å². The van der Waals surface area contributed by atoms with E-state index in [0.717, 1.165) is 12.1 Å². The Hall–Kier alpha value is -1.11. The Morgan fingerprint density at radius 1 is 1.31 bits per heavy atom. The van der Waals surface area contributed by atoms with Gasteiger partial charge in [0.15, 0.2) is 17.5 Å². The molecule has 0 saturated carbocycles. The van der Waals surface area contributed by atoms with Crippen molar-refractivity contribution in [3.05, 3.63) is 35.1 Å². The molecule has 0 radical (unpaired) electrons. The van der Waals surface area contributed by atoms with Crippen molar-refractivity contribution in [2.24, 2.45) is 5.84 Å². The molecule has 1 aromatic rings. The van der Waals surface area contributed by atoms with E-state index in [0.29, 0.717) is 6.61 Å². The second kappa shape index (κ2) is 5.83. The molecule has 0 aliphatic heterocycles. The van der Waals surface area contributed by atoms with Crippen molar-refractivity contribution in [3.8, 4) is 0 Å². The average Bonchev–Trinajstić information content (AvgIpc) is 2.29. The summed E-state index contributed by atoms with van der Waals surface area (Å²) in [6, 6.07) is 1.27. The van der Waals surface area contributed by atoms with Crippen LogP contribution in [0.1, 0.15) is 18.5 Å². The second-order valence-corrected chi connectivity index (χ2v) is 3.14. The van der Waals surface area contributed by atoms with Crippen LogP contribution in [0.4, 0.5) is 13.2 Å². The fraction of sp³-hybridized carbons (Fsp3) is 0.400. The molecule has 0 amide bonds. The number of hydrogen-bond acceptors (Lipinski definition) is 3. The highest BCUT2D eigenvalue weighted by Crippen LogP contribution is 2.21. The number of benzene rings is 1. The van der Waals surface area contributed by atoms with Gasteiger partial charge in [0, 0.05) is 12.2 Å². The van der Waals surface area contributed by atoms with Gasteiger partial charge >= 0.3 is 0 Å². The smallest absolute Gasteiger partial charge is 0.194 e. The molecule has 3 nitrogen and oxygen atoms in total. The Morgan fingerprint density at radius 2 is 2.00 bits per heavy atom. The summed E-state index contributed by atoms with van der Waals surface area (Å²) < 4.78 is 44.0. The van der Waals surface area contributed by atoms with Gasteiger partial charge in [-0.15, -0.1) is 0 Å². The first-order chi connectivity index (χ1) is 7.61. The summed E-state index contributed by atoms with van der Waals surface area (Å²) in [5.74, 6) is 1.21. The number of nitrogens with one attached hydrogen (secondary N) is 1. The summed E-state index contributed by atoms with van der Waals surface area (Å²) in [5.41, 5.74) is 2.23. The predicted octanol–water partition coefficient (Wildman–Crippen LogP) is 1.64. The van der Waals surface area contributed by atoms with E-state index in [1.54, 1.807) is 6.92 Å². The highest BCUT2D eigenvalue weighted by molar-refractivity contribution is 5.23. The minimum atomic E-state index is -1.51. The minimum Gasteiger partial charge on any atom is -0.380 e. The zero-order valence-electron chi connectivity index (χ0n) is 8.77. The first-order valence-corrected chi connectivity index (χ1v) is 4.79. The SMILES string of the molecule is CCOCC(NN)c1ccc(F)c(F)c1F. The largest absolute Gasteiger partial charge is 0.380 e. The van der Waals surface area contributed by atoms with Crippen LogP contribution in [0.5, 0.6) is 0 Å². The standard InChI is InChI=1S/C10H13F3N2O/c1-2-16-5-8(15-14)6-3-4-7(11)10(13)9(6)12/h3-4,8,15H,2,5,14H2,1H3. The van der Waals surface area contributed by atoms with Gasteiger partial charge in [0.2, 0.25) is 0 Å². The lowest BCUT2D eigenvalue weighted by molar-refractivity contribution is 0.121. The minimum absolute atomic E-state index is 0.0603. The van der Waals surface area contributed by atoms with Gasteiger partial charge in [-0.05, 0) is 13.0 Å². The molecule has 0 heterocycles. The zero-order chi connectivity index (χ0) is 12.1. The lowest BCUT2D eigenvalue weighted by Crippen LogP contribution is -2.32. The van der Waals surface area contributed by atoms with Crippen LogP contribution < -0.4 is 11.3 Å². The first kappa shape index (κ1) is 13.0. The molecule has 1 atom stereocenters. The maximum Gasteiger partial charge on any atom is 0.194 e. The van der Waals surface area contributed by atoms with Crippen LogP contribution in [0.25, 0.3) is 0 Å². The Kier molecular flexibility index (Phi) is 4.72. The second-order valence-electron chi connectivity index (χ2n) is 3.14. The van der Waals surface area contributed by atoms with Gasteiger partial charge in [0.25, 0.3) is 0 Å². The van der Waals surface area contributed by atoms with Crippen molar-refractivity contribution in [1.82, 2.24) is 5.43 Å². The molecular formula is C10H13F3N2O. The lowest BCUT2D eigenvalue weighted by atomic mass is 10.1. The molecule has 6 heteroatoms. The van der Waals surface area contributed by atoms with Crippen LogP contribution in [-0.4, -0.2) is 13.2 Å². The molecule has 0 saturated heterocycles. The van der Waals surface area contributed by atoms with E-state index in [-0.39, 0.29) is 12.2 Å². The van der Waals surface area contributed by atoms with E-state index < -0.39 is 23.5 Å². The zero-order valence-corrected chi connectivity index (χ0v) is 8.77. The Balaban J connectivity index is 2.96. The summed E-state index contributed by atoms with van der Waals surface area (Å²) in [7, 11) is 0. The third kappa shape index (κ3) is 2.72. The van der Waals surface area contributed by atoms with Crippen LogP contribution in [0.15, 0.2) is 12.1 Å². The van der Waals surface area contributed by atoms with Crippen molar-refractivity contribution in [2.75, 3.05) is 13.2 Å². The fourth-order valence-corrected chi connectivity index (χ4v) is 1.27. The van der Waals surface area contributed by atoms with Gasteiger partial charge in [-0.25, -0.2) is 13.2 Å². The Labute approximate surface area is 91.4 Å². The van der Waals surface area contributed by atoms with Gasteiger partial charge in [-0.1, -0.05) is 6.07 Å². The molecular weight excluding hydrogens is 221 g/mol. The number of ether oxygens (including phenoxy) is 1. The first-order valence-electron chi connectivity index (χ1n) is 4.79. The third-order valence-corrected chi connectivity index (χ3v) is 2.13. The van der Waals surface area contributed by atoms with E-state index in [2.05, 4.69) is 5.43 Å². The Bertz CT molecular complexity index is 360. The molecule has 0 bridgehead atoms. The maximum absolute atomic E-state index is 13.4. The molecule has 1 unspecified atom stereocenters. The van der Waals surface area contributed by atoms with Crippen molar-refractivity contribution >= 4 is 0 Å². The quantitative estimate of drug-likeness (QED) is 0.462. The van der Waals surface area contributed by atoms with E-state index in [4.69, 9.17) is 10.6 Å². The van der Waals surface area contributed by atoms with Crippen LogP contribution in [0.3, 0.4) is 0 Å². The summed E-state index contributed by atoms with van der Waals surface area (Å²) in [4.78, 5) is 0. The average molecular weight is 234 g/mol. The van der Waals surface area contributed by atoms with Crippen LogP contribution in [0, 0.1) is 17.5 Å². The summed E-state index contributed by atoms with van der Waals surface area (Å²) >= 11 is 0. The van der Waals surface area contributed by atoms with Crippen molar-refractivity contribution in [2.45, 2.75) is 13.0 Å². The summed E-state index contributed by atoms with van der Waals surface area (Å²) in [6.45, 7) is 2.26. The highest BCUT2D eigenvalue weighted by Gasteiger charge is 2.19. The van der Waals surface area contributed by atoms with Crippen LogP contribution in [0.2, 0.25) is 0 Å². The number of halogens is 3. The van der Waals surface area contributed by atoms with Crippen LogP contribution in [-0.2, 0) is 4.74 Å². The highest BCUT2D eigenvalue weighted by atomic mass is 19.2. The lowest BCUT2D eigenvalue weighted by Gasteiger charge is -2.17. The molecule has 0 aromatic heterocycles. The van der Waals surface area contributed by atoms with Gasteiger partial charge in [-0.2, -0.15) is 0 Å². The number of nitrogens with two attached hydrogens (primary N) is 1. The molecule has 16 heavy (non-hydrogen) atoms.